The molecule has 0 saturated heterocycles. The Morgan fingerprint density at radius 3 is 2.27 bits per heavy atom. The van der Waals surface area contributed by atoms with Gasteiger partial charge in [0.1, 0.15) is 24.8 Å². The van der Waals surface area contributed by atoms with Gasteiger partial charge in [0, 0.05) is 6.26 Å². The van der Waals surface area contributed by atoms with Crippen LogP contribution in [-0.2, 0) is 14.6 Å². The minimum Gasteiger partial charge on any atom is -0.493 e. The molecular formula is C24H24N4O7S2. The van der Waals surface area contributed by atoms with Crippen molar-refractivity contribution in [3.05, 3.63) is 53.1 Å². The van der Waals surface area contributed by atoms with Crippen LogP contribution in [0.3, 0.4) is 0 Å². The standard InChI is InChI=1S/C24H24N4O7S2/c1-14-5-7-16(8-6-14)34-9-10-35-20-18(32-2)12-15(13-19(20)33-3)11-17-21(25)28-23(26-22(17)29)36-27-24(28)37(4,30)31/h5-8,11-13,25H,9-10H2,1-4H3. The summed E-state index contributed by atoms with van der Waals surface area (Å²) in [5.74, 6) is 0.676. The van der Waals surface area contributed by atoms with Crippen LogP contribution in [-0.4, -0.2) is 69.1 Å². The number of methoxy groups -OCH3 is 2. The van der Waals surface area contributed by atoms with E-state index in [9.17, 15) is 13.2 Å². The molecule has 0 atom stereocenters. The molecule has 2 aromatic rings. The highest BCUT2D eigenvalue weighted by molar-refractivity contribution is 8.16. The van der Waals surface area contributed by atoms with Gasteiger partial charge in [-0.2, -0.15) is 9.39 Å². The Balaban J connectivity index is 1.56. The Kier molecular flexibility index (Phi) is 7.55. The van der Waals surface area contributed by atoms with Crippen LogP contribution in [0.2, 0.25) is 0 Å². The molecule has 0 aliphatic carbocycles. The number of ether oxygens (including phenoxy) is 4. The third-order valence-electron chi connectivity index (χ3n) is 5.24. The van der Waals surface area contributed by atoms with E-state index in [2.05, 4.69) is 9.39 Å². The fourth-order valence-corrected chi connectivity index (χ4v) is 5.31. The molecule has 1 amide bonds. The number of hydrogen-bond acceptors (Lipinski definition) is 10. The quantitative estimate of drug-likeness (QED) is 0.302. The van der Waals surface area contributed by atoms with Gasteiger partial charge in [0.2, 0.25) is 25.9 Å². The Labute approximate surface area is 218 Å². The summed E-state index contributed by atoms with van der Waals surface area (Å²) < 4.78 is 50.6. The maximum absolute atomic E-state index is 12.7. The molecule has 0 fully saturated rings. The summed E-state index contributed by atoms with van der Waals surface area (Å²) in [4.78, 5) is 17.6. The van der Waals surface area contributed by atoms with Crippen molar-refractivity contribution in [2.45, 2.75) is 6.92 Å². The number of aliphatic imine (C=N–C) groups is 1. The van der Waals surface area contributed by atoms with Crippen molar-refractivity contribution in [2.24, 2.45) is 9.39 Å². The van der Waals surface area contributed by atoms with Crippen LogP contribution in [0.25, 0.3) is 6.08 Å². The van der Waals surface area contributed by atoms with Gasteiger partial charge >= 0.3 is 0 Å². The highest BCUT2D eigenvalue weighted by Gasteiger charge is 2.41. The number of hydrogen-bond donors (Lipinski definition) is 1. The summed E-state index contributed by atoms with van der Waals surface area (Å²) in [5, 5.41) is 8.15. The van der Waals surface area contributed by atoms with E-state index in [1.165, 1.54) is 20.3 Å². The second-order valence-electron chi connectivity index (χ2n) is 7.94. The van der Waals surface area contributed by atoms with Crippen LogP contribution in [0.5, 0.6) is 23.0 Å². The Morgan fingerprint density at radius 1 is 1.05 bits per heavy atom. The van der Waals surface area contributed by atoms with E-state index in [1.54, 1.807) is 12.1 Å². The summed E-state index contributed by atoms with van der Waals surface area (Å²) >= 11 is 0.729. The third kappa shape index (κ3) is 5.62. The van der Waals surface area contributed by atoms with Crippen molar-refractivity contribution in [2.75, 3.05) is 33.7 Å². The fraction of sp³-hybridized carbons (Fsp3) is 0.250. The van der Waals surface area contributed by atoms with Crippen LogP contribution in [0.15, 0.2) is 51.4 Å². The molecule has 11 nitrogen and oxygen atoms in total. The highest BCUT2D eigenvalue weighted by Crippen LogP contribution is 2.39. The van der Waals surface area contributed by atoms with Gasteiger partial charge in [0.15, 0.2) is 11.5 Å². The molecular weight excluding hydrogens is 520 g/mol. The minimum absolute atomic E-state index is 0.0133. The first-order chi connectivity index (χ1) is 17.6. The predicted molar refractivity (Wildman–Crippen MR) is 142 cm³/mol. The van der Waals surface area contributed by atoms with Crippen molar-refractivity contribution in [1.29, 1.82) is 5.41 Å². The second-order valence-corrected chi connectivity index (χ2v) is 10.6. The third-order valence-corrected chi connectivity index (χ3v) is 6.99. The van der Waals surface area contributed by atoms with Crippen LogP contribution in [0.1, 0.15) is 11.1 Å². The Bertz CT molecular complexity index is 1420. The molecule has 2 aromatic carbocycles. The van der Waals surface area contributed by atoms with E-state index < -0.39 is 15.7 Å². The number of benzene rings is 2. The smallest absolute Gasteiger partial charge is 0.283 e. The number of sulfone groups is 1. The molecule has 2 aliphatic rings. The average Bonchev–Trinajstić information content (AvgIpc) is 3.30. The first-order valence-electron chi connectivity index (χ1n) is 10.9. The van der Waals surface area contributed by atoms with Gasteiger partial charge in [-0.25, -0.2) is 13.3 Å². The summed E-state index contributed by atoms with van der Waals surface area (Å²) in [5.41, 5.74) is 1.47. The van der Waals surface area contributed by atoms with Crippen LogP contribution >= 0.6 is 11.9 Å². The summed E-state index contributed by atoms with van der Waals surface area (Å²) in [6, 6.07) is 10.9. The number of amidine groups is 3. The van der Waals surface area contributed by atoms with E-state index in [0.717, 1.165) is 34.4 Å². The van der Waals surface area contributed by atoms with Gasteiger partial charge in [-0.15, -0.1) is 0 Å². The van der Waals surface area contributed by atoms with Crippen molar-refractivity contribution in [3.8, 4) is 23.0 Å². The van der Waals surface area contributed by atoms with Crippen molar-refractivity contribution in [1.82, 2.24) is 4.90 Å². The normalized spacial score (nSPS) is 16.3. The topological polar surface area (TPSA) is 140 Å². The molecule has 0 aromatic heterocycles. The van der Waals surface area contributed by atoms with Gasteiger partial charge in [-0.3, -0.25) is 10.2 Å². The van der Waals surface area contributed by atoms with Crippen LogP contribution in [0, 0.1) is 12.3 Å². The summed E-state index contributed by atoms with van der Waals surface area (Å²) in [6.45, 7) is 2.49. The molecule has 2 heterocycles. The van der Waals surface area contributed by atoms with Gasteiger partial charge < -0.3 is 18.9 Å². The molecule has 194 valence electrons. The Morgan fingerprint density at radius 2 is 1.68 bits per heavy atom. The van der Waals surface area contributed by atoms with Crippen molar-refractivity contribution < 1.29 is 32.2 Å². The molecule has 0 bridgehead atoms. The number of nitrogens with one attached hydrogen (secondary N) is 1. The lowest BCUT2D eigenvalue weighted by molar-refractivity contribution is -0.114. The summed E-state index contributed by atoms with van der Waals surface area (Å²) in [7, 11) is -0.829. The molecule has 13 heteroatoms. The van der Waals surface area contributed by atoms with E-state index in [4.69, 9.17) is 24.4 Å². The van der Waals surface area contributed by atoms with Gasteiger partial charge in [0.05, 0.1) is 31.7 Å². The first-order valence-corrected chi connectivity index (χ1v) is 13.6. The second kappa shape index (κ2) is 10.6. The number of amides is 1. The zero-order chi connectivity index (χ0) is 26.7. The number of carbonyl (C=O) groups is 1. The number of fused-ring (bicyclic) bond motifs is 1. The number of rotatable bonds is 8. The molecule has 4 rings (SSSR count). The van der Waals surface area contributed by atoms with E-state index >= 15 is 0 Å². The molecule has 1 N–H and O–H groups in total. The lowest BCUT2D eigenvalue weighted by Crippen LogP contribution is -2.45. The molecule has 2 aliphatic heterocycles. The average molecular weight is 545 g/mol. The largest absolute Gasteiger partial charge is 0.493 e. The van der Waals surface area contributed by atoms with E-state index in [1.807, 2.05) is 31.2 Å². The molecule has 37 heavy (non-hydrogen) atoms. The maximum atomic E-state index is 12.7. The fourth-order valence-electron chi connectivity index (χ4n) is 3.47. The molecule has 0 spiro atoms. The number of carbonyl (C=O) groups excluding carboxylic acids is 1. The number of aryl methyl sites for hydroxylation is 1. The first kappa shape index (κ1) is 26.2. The van der Waals surface area contributed by atoms with Crippen LogP contribution < -0.4 is 18.9 Å². The van der Waals surface area contributed by atoms with Crippen molar-refractivity contribution >= 4 is 49.9 Å². The van der Waals surface area contributed by atoms with E-state index in [0.29, 0.717) is 22.8 Å². The Hall–Kier alpha value is -3.84. The summed E-state index contributed by atoms with van der Waals surface area (Å²) in [6.07, 6.45) is 2.38. The zero-order valence-corrected chi connectivity index (χ0v) is 22.1. The van der Waals surface area contributed by atoms with E-state index in [-0.39, 0.29) is 35.0 Å². The monoisotopic (exact) mass is 544 g/mol. The zero-order valence-electron chi connectivity index (χ0n) is 20.5. The molecule has 0 unspecified atom stereocenters. The minimum atomic E-state index is -3.75. The maximum Gasteiger partial charge on any atom is 0.283 e. The predicted octanol–water partition coefficient (Wildman–Crippen LogP) is 3.09. The van der Waals surface area contributed by atoms with Crippen molar-refractivity contribution in [3.63, 3.8) is 0 Å². The van der Waals surface area contributed by atoms with Crippen LogP contribution in [0.4, 0.5) is 0 Å². The lowest BCUT2D eigenvalue weighted by atomic mass is 10.1. The molecule has 0 saturated carbocycles. The van der Waals surface area contributed by atoms with Gasteiger partial charge in [0.25, 0.3) is 5.91 Å². The highest BCUT2D eigenvalue weighted by atomic mass is 32.2. The molecule has 0 radical (unpaired) electrons. The SMILES string of the molecule is COc1cc(C=C2C(=N)N3C(=NC2=O)SN=C3S(C)(=O)=O)cc(OC)c1OCCOc1ccc(C)cc1. The van der Waals surface area contributed by atoms with Gasteiger partial charge in [-0.1, -0.05) is 17.7 Å². The lowest BCUT2D eigenvalue weighted by Gasteiger charge is -2.24. The number of nitrogens with zero attached hydrogens (tertiary/aromatic N) is 3. The van der Waals surface area contributed by atoms with Gasteiger partial charge in [-0.05, 0) is 42.8 Å².